The van der Waals surface area contributed by atoms with Crippen molar-refractivity contribution in [1.29, 1.82) is 0 Å². The summed E-state index contributed by atoms with van der Waals surface area (Å²) in [5.74, 6) is 0.785. The summed E-state index contributed by atoms with van der Waals surface area (Å²) in [6.45, 7) is 2.74. The highest BCUT2D eigenvalue weighted by atomic mass is 16.2. The number of hydrogen-bond donors (Lipinski definition) is 1. The van der Waals surface area contributed by atoms with E-state index >= 15 is 0 Å². The van der Waals surface area contributed by atoms with Crippen molar-refractivity contribution in [3.63, 3.8) is 0 Å². The number of carbonyl (C=O) groups is 2. The average molecular weight is 335 g/mol. The summed E-state index contributed by atoms with van der Waals surface area (Å²) >= 11 is 0. The summed E-state index contributed by atoms with van der Waals surface area (Å²) in [6.07, 6.45) is 11.3. The van der Waals surface area contributed by atoms with E-state index in [1.807, 2.05) is 11.9 Å². The van der Waals surface area contributed by atoms with Crippen molar-refractivity contribution in [2.24, 2.45) is 5.92 Å². The van der Waals surface area contributed by atoms with E-state index in [0.717, 1.165) is 51.7 Å². The van der Waals surface area contributed by atoms with E-state index in [1.165, 1.54) is 32.1 Å². The van der Waals surface area contributed by atoms with Gasteiger partial charge in [0.1, 0.15) is 0 Å². The number of nitrogens with zero attached hydrogens (tertiary/aromatic N) is 2. The Morgan fingerprint density at radius 2 is 1.54 bits per heavy atom. The molecule has 2 saturated heterocycles. The van der Waals surface area contributed by atoms with Crippen LogP contribution < -0.4 is 5.32 Å². The zero-order valence-electron chi connectivity index (χ0n) is 15.1. The van der Waals surface area contributed by atoms with Gasteiger partial charge >= 0.3 is 0 Å². The van der Waals surface area contributed by atoms with Crippen molar-refractivity contribution in [3.8, 4) is 0 Å². The lowest BCUT2D eigenvalue weighted by molar-refractivity contribution is -0.132. The first-order chi connectivity index (χ1) is 11.6. The number of amides is 2. The molecule has 2 heterocycles. The molecule has 0 radical (unpaired) electrons. The fraction of sp³-hybridized carbons (Fsp3) is 0.895. The van der Waals surface area contributed by atoms with Crippen LogP contribution >= 0.6 is 0 Å². The molecule has 1 aliphatic carbocycles. The molecule has 2 amide bonds. The molecule has 2 aliphatic heterocycles. The van der Waals surface area contributed by atoms with Crippen LogP contribution in [0.5, 0.6) is 0 Å². The van der Waals surface area contributed by atoms with E-state index in [-0.39, 0.29) is 23.8 Å². The highest BCUT2D eigenvalue weighted by Gasteiger charge is 2.36. The number of carbonyl (C=O) groups excluding carboxylic acids is 2. The molecule has 3 rings (SSSR count). The lowest BCUT2D eigenvalue weighted by atomic mass is 9.90. The molecule has 3 aliphatic rings. The van der Waals surface area contributed by atoms with E-state index < -0.39 is 0 Å². The van der Waals surface area contributed by atoms with E-state index in [1.54, 1.807) is 0 Å². The number of piperidine rings is 1. The van der Waals surface area contributed by atoms with Crippen molar-refractivity contribution >= 4 is 11.8 Å². The molecule has 3 fully saturated rings. The highest BCUT2D eigenvalue weighted by molar-refractivity contribution is 5.83. The van der Waals surface area contributed by atoms with Crippen molar-refractivity contribution < 1.29 is 9.59 Å². The van der Waals surface area contributed by atoms with Crippen LogP contribution in [-0.2, 0) is 9.59 Å². The third-order valence-electron chi connectivity index (χ3n) is 6.19. The van der Waals surface area contributed by atoms with Gasteiger partial charge in [-0.1, -0.05) is 32.1 Å². The van der Waals surface area contributed by atoms with Crippen LogP contribution in [-0.4, -0.2) is 60.4 Å². The smallest absolute Gasteiger partial charge is 0.239 e. The van der Waals surface area contributed by atoms with Gasteiger partial charge in [0, 0.05) is 38.6 Å². The Hall–Kier alpha value is -1.10. The van der Waals surface area contributed by atoms with Gasteiger partial charge in [-0.05, 0) is 32.1 Å². The first-order valence-electron chi connectivity index (χ1n) is 9.94. The molecule has 1 N–H and O–H groups in total. The zero-order valence-corrected chi connectivity index (χ0v) is 15.1. The van der Waals surface area contributed by atoms with Crippen molar-refractivity contribution in [1.82, 2.24) is 15.1 Å². The molecule has 1 saturated carbocycles. The summed E-state index contributed by atoms with van der Waals surface area (Å²) in [7, 11) is 1.89. The van der Waals surface area contributed by atoms with E-state index in [0.29, 0.717) is 6.04 Å². The topological polar surface area (TPSA) is 52.6 Å². The van der Waals surface area contributed by atoms with Crippen molar-refractivity contribution in [3.05, 3.63) is 0 Å². The zero-order chi connectivity index (χ0) is 16.9. The molecule has 0 aromatic heterocycles. The van der Waals surface area contributed by atoms with Gasteiger partial charge in [-0.25, -0.2) is 0 Å². The fourth-order valence-electron chi connectivity index (χ4n) is 4.54. The van der Waals surface area contributed by atoms with Crippen LogP contribution in [0.4, 0.5) is 0 Å². The monoisotopic (exact) mass is 335 g/mol. The van der Waals surface area contributed by atoms with E-state index in [9.17, 15) is 9.59 Å². The highest BCUT2D eigenvalue weighted by Crippen LogP contribution is 2.24. The van der Waals surface area contributed by atoms with Crippen molar-refractivity contribution in [2.75, 3.05) is 26.7 Å². The van der Waals surface area contributed by atoms with Crippen LogP contribution in [0.1, 0.15) is 64.2 Å². The first-order valence-corrected chi connectivity index (χ1v) is 9.94. The fourth-order valence-corrected chi connectivity index (χ4v) is 4.54. The number of likely N-dealkylation sites (N-methyl/N-ethyl adjacent to an activating group) is 1. The third kappa shape index (κ3) is 4.29. The molecule has 5 heteroatoms. The Morgan fingerprint density at radius 1 is 0.917 bits per heavy atom. The first kappa shape index (κ1) is 17.7. The quantitative estimate of drug-likeness (QED) is 0.860. The summed E-state index contributed by atoms with van der Waals surface area (Å²) in [4.78, 5) is 28.9. The second-order valence-electron chi connectivity index (χ2n) is 7.93. The predicted octanol–water partition coefficient (Wildman–Crippen LogP) is 2.16. The Bertz CT molecular complexity index is 438. The van der Waals surface area contributed by atoms with E-state index in [4.69, 9.17) is 0 Å². The SMILES string of the molecule is CN1CCC(N2CCC(NC(=O)C3CCCCCCC3)CC2)C1=O. The molecule has 0 aromatic rings. The average Bonchev–Trinajstić information content (AvgIpc) is 2.87. The van der Waals surface area contributed by atoms with Gasteiger partial charge in [0.2, 0.25) is 11.8 Å². The van der Waals surface area contributed by atoms with Gasteiger partial charge in [-0.2, -0.15) is 0 Å². The molecular formula is C19H33N3O2. The largest absolute Gasteiger partial charge is 0.353 e. The van der Waals surface area contributed by atoms with Gasteiger partial charge in [0.05, 0.1) is 6.04 Å². The standard InChI is InChI=1S/C19H33N3O2/c1-21-12-11-17(19(21)24)22-13-9-16(10-14-22)20-18(23)15-7-5-3-2-4-6-8-15/h15-17H,2-14H2,1H3,(H,20,23). The molecule has 0 bridgehead atoms. The van der Waals surface area contributed by atoms with Gasteiger partial charge in [0.25, 0.3) is 0 Å². The Kier molecular flexibility index (Phi) is 6.14. The molecule has 136 valence electrons. The molecule has 0 spiro atoms. The number of likely N-dealkylation sites (tertiary alicyclic amines) is 2. The maximum atomic E-state index is 12.6. The minimum Gasteiger partial charge on any atom is -0.353 e. The Balaban J connectivity index is 1.43. The van der Waals surface area contributed by atoms with Crippen LogP contribution in [0.3, 0.4) is 0 Å². The Morgan fingerprint density at radius 3 is 2.12 bits per heavy atom. The summed E-state index contributed by atoms with van der Waals surface area (Å²) in [6, 6.07) is 0.380. The minimum atomic E-state index is 0.0808. The Labute approximate surface area is 146 Å². The molecule has 5 nitrogen and oxygen atoms in total. The lowest BCUT2D eigenvalue weighted by Gasteiger charge is -2.35. The summed E-state index contributed by atoms with van der Waals surface area (Å²) in [5, 5.41) is 3.31. The van der Waals surface area contributed by atoms with Gasteiger partial charge < -0.3 is 10.2 Å². The van der Waals surface area contributed by atoms with Crippen LogP contribution in [0.25, 0.3) is 0 Å². The van der Waals surface area contributed by atoms with Crippen LogP contribution in [0.15, 0.2) is 0 Å². The lowest BCUT2D eigenvalue weighted by Crippen LogP contribution is -2.50. The molecular weight excluding hydrogens is 302 g/mol. The second-order valence-corrected chi connectivity index (χ2v) is 7.93. The molecule has 24 heavy (non-hydrogen) atoms. The predicted molar refractivity (Wildman–Crippen MR) is 94.6 cm³/mol. The van der Waals surface area contributed by atoms with Gasteiger partial charge in [0.15, 0.2) is 0 Å². The van der Waals surface area contributed by atoms with Crippen LogP contribution in [0.2, 0.25) is 0 Å². The maximum absolute atomic E-state index is 12.6. The maximum Gasteiger partial charge on any atom is 0.239 e. The normalized spacial score (nSPS) is 28.6. The number of nitrogens with one attached hydrogen (secondary N) is 1. The number of hydrogen-bond acceptors (Lipinski definition) is 3. The molecule has 0 aromatic carbocycles. The van der Waals surface area contributed by atoms with Gasteiger partial charge in [-0.15, -0.1) is 0 Å². The summed E-state index contributed by atoms with van der Waals surface area (Å²) in [5.41, 5.74) is 0. The second kappa shape index (κ2) is 8.32. The third-order valence-corrected chi connectivity index (χ3v) is 6.19. The van der Waals surface area contributed by atoms with Gasteiger partial charge in [-0.3, -0.25) is 14.5 Å². The number of rotatable bonds is 3. The minimum absolute atomic E-state index is 0.0808. The van der Waals surface area contributed by atoms with Crippen LogP contribution in [0, 0.1) is 5.92 Å². The van der Waals surface area contributed by atoms with Crippen molar-refractivity contribution in [2.45, 2.75) is 76.3 Å². The molecule has 1 unspecified atom stereocenters. The summed E-state index contributed by atoms with van der Waals surface area (Å²) < 4.78 is 0. The molecule has 1 atom stereocenters. The van der Waals surface area contributed by atoms with E-state index in [2.05, 4.69) is 10.2 Å².